The third-order valence-corrected chi connectivity index (χ3v) is 2.97. The van der Waals surface area contributed by atoms with Gasteiger partial charge in [0.1, 0.15) is 0 Å². The molecule has 0 saturated heterocycles. The second kappa shape index (κ2) is 6.05. The maximum absolute atomic E-state index is 11.6. The van der Waals surface area contributed by atoms with Crippen molar-refractivity contribution >= 4 is 29.3 Å². The summed E-state index contributed by atoms with van der Waals surface area (Å²) in [7, 11) is 0. The highest BCUT2D eigenvalue weighted by Gasteiger charge is 2.23. The number of amides is 2. The molecule has 2 rings (SSSR count). The Bertz CT molecular complexity index is 619. The molecule has 0 saturated carbocycles. The van der Waals surface area contributed by atoms with Crippen molar-refractivity contribution in [1.29, 1.82) is 0 Å². The fourth-order valence-corrected chi connectivity index (χ4v) is 1.80. The van der Waals surface area contributed by atoms with E-state index < -0.39 is 24.3 Å². The van der Waals surface area contributed by atoms with Crippen LogP contribution < -0.4 is 10.6 Å². The van der Waals surface area contributed by atoms with Gasteiger partial charge in [-0.15, -0.1) is 0 Å². The highest BCUT2D eigenvalue weighted by atomic mass is 16.7. The average Bonchev–Trinajstić information content (AvgIpc) is 2.76. The van der Waals surface area contributed by atoms with E-state index in [4.69, 9.17) is 9.47 Å². The second-order valence-electron chi connectivity index (χ2n) is 5.95. The maximum atomic E-state index is 11.6. The molecule has 0 spiro atoms. The van der Waals surface area contributed by atoms with Crippen molar-refractivity contribution in [3.63, 3.8) is 0 Å². The zero-order chi connectivity index (χ0) is 16.3. The normalized spacial score (nSPS) is 13.1. The van der Waals surface area contributed by atoms with E-state index in [1.165, 1.54) is 0 Å². The van der Waals surface area contributed by atoms with Gasteiger partial charge in [-0.2, -0.15) is 0 Å². The standard InChI is InChI=1S/C15H18N2O5/c1-15(2,3)13(19)21-8-22-14(20)16-10-5-4-9-6-12(18)17-11(9)7-10/h4-5,7H,6,8H2,1-3H3,(H,16,20)(H,17,18). The van der Waals surface area contributed by atoms with Crippen molar-refractivity contribution < 1.29 is 23.9 Å². The van der Waals surface area contributed by atoms with Gasteiger partial charge in [0, 0.05) is 11.4 Å². The number of carbonyl (C=O) groups excluding carboxylic acids is 3. The molecule has 1 aliphatic heterocycles. The van der Waals surface area contributed by atoms with Gasteiger partial charge in [0.2, 0.25) is 12.7 Å². The van der Waals surface area contributed by atoms with Crippen molar-refractivity contribution in [2.24, 2.45) is 5.41 Å². The lowest BCUT2D eigenvalue weighted by atomic mass is 9.98. The summed E-state index contributed by atoms with van der Waals surface area (Å²) in [4.78, 5) is 34.3. The Labute approximate surface area is 128 Å². The Morgan fingerprint density at radius 2 is 2.00 bits per heavy atom. The first kappa shape index (κ1) is 15.8. The minimum Gasteiger partial charge on any atom is -0.427 e. The van der Waals surface area contributed by atoms with Gasteiger partial charge in [-0.25, -0.2) is 4.79 Å². The summed E-state index contributed by atoms with van der Waals surface area (Å²) in [5.74, 6) is -0.538. The van der Waals surface area contributed by atoms with Gasteiger partial charge < -0.3 is 14.8 Å². The van der Waals surface area contributed by atoms with E-state index in [0.29, 0.717) is 17.8 Å². The van der Waals surface area contributed by atoms with E-state index in [0.717, 1.165) is 5.56 Å². The lowest BCUT2D eigenvalue weighted by Gasteiger charge is -2.16. The molecule has 0 aromatic heterocycles. The maximum Gasteiger partial charge on any atom is 0.414 e. The number of anilines is 2. The molecule has 22 heavy (non-hydrogen) atoms. The Morgan fingerprint density at radius 3 is 2.68 bits per heavy atom. The summed E-state index contributed by atoms with van der Waals surface area (Å²) >= 11 is 0. The molecule has 0 fully saturated rings. The van der Waals surface area contributed by atoms with Crippen LogP contribution in [0.3, 0.4) is 0 Å². The molecule has 0 atom stereocenters. The largest absolute Gasteiger partial charge is 0.427 e. The molecular formula is C15H18N2O5. The molecule has 2 N–H and O–H groups in total. The molecule has 1 aromatic carbocycles. The van der Waals surface area contributed by atoms with Crippen LogP contribution in [-0.2, 0) is 25.5 Å². The van der Waals surface area contributed by atoms with Gasteiger partial charge in [0.25, 0.3) is 0 Å². The first-order chi connectivity index (χ1) is 10.3. The first-order valence-electron chi connectivity index (χ1n) is 6.79. The number of benzene rings is 1. The SMILES string of the molecule is CC(C)(C)C(=O)OCOC(=O)Nc1ccc2c(c1)NC(=O)C2. The highest BCUT2D eigenvalue weighted by Crippen LogP contribution is 2.26. The molecule has 7 heteroatoms. The third-order valence-electron chi connectivity index (χ3n) is 2.97. The molecule has 1 aromatic rings. The number of carbonyl (C=O) groups is 3. The van der Waals surface area contributed by atoms with Crippen LogP contribution in [0.15, 0.2) is 18.2 Å². The predicted octanol–water partition coefficient (Wildman–Crippen LogP) is 2.28. The predicted molar refractivity (Wildman–Crippen MR) is 79.3 cm³/mol. The monoisotopic (exact) mass is 306 g/mol. The topological polar surface area (TPSA) is 93.7 Å². The van der Waals surface area contributed by atoms with E-state index in [1.54, 1.807) is 39.0 Å². The molecule has 1 heterocycles. The van der Waals surface area contributed by atoms with Crippen molar-refractivity contribution in [3.05, 3.63) is 23.8 Å². The average molecular weight is 306 g/mol. The fourth-order valence-electron chi connectivity index (χ4n) is 1.80. The van der Waals surface area contributed by atoms with Crippen LogP contribution >= 0.6 is 0 Å². The molecule has 0 unspecified atom stereocenters. The summed E-state index contributed by atoms with van der Waals surface area (Å²) in [6.07, 6.45) is -0.408. The van der Waals surface area contributed by atoms with Crippen LogP contribution in [0, 0.1) is 5.41 Å². The Kier molecular flexibility index (Phi) is 4.35. The summed E-state index contributed by atoms with van der Waals surface area (Å²) in [5.41, 5.74) is 1.37. The van der Waals surface area contributed by atoms with Gasteiger partial charge in [0.15, 0.2) is 0 Å². The molecule has 2 amide bonds. The molecule has 0 bridgehead atoms. The van der Waals surface area contributed by atoms with Gasteiger partial charge in [-0.05, 0) is 38.5 Å². The number of fused-ring (bicyclic) bond motifs is 1. The second-order valence-corrected chi connectivity index (χ2v) is 5.95. The van der Waals surface area contributed by atoms with E-state index in [-0.39, 0.29) is 5.91 Å². The Hall–Kier alpha value is -2.57. The number of nitrogens with one attached hydrogen (secondary N) is 2. The number of hydrogen-bond acceptors (Lipinski definition) is 5. The summed E-state index contributed by atoms with van der Waals surface area (Å²) < 4.78 is 9.60. The van der Waals surface area contributed by atoms with Crippen LogP contribution in [0.1, 0.15) is 26.3 Å². The smallest absolute Gasteiger partial charge is 0.414 e. The van der Waals surface area contributed by atoms with Crippen LogP contribution in [0.5, 0.6) is 0 Å². The van der Waals surface area contributed by atoms with E-state index in [9.17, 15) is 14.4 Å². The molecule has 118 valence electrons. The molecule has 1 aliphatic rings. The van der Waals surface area contributed by atoms with Crippen molar-refractivity contribution in [2.45, 2.75) is 27.2 Å². The number of ether oxygens (including phenoxy) is 2. The highest BCUT2D eigenvalue weighted by molar-refractivity contribution is 6.00. The summed E-state index contributed by atoms with van der Waals surface area (Å²) in [6.45, 7) is 4.65. The van der Waals surface area contributed by atoms with E-state index in [2.05, 4.69) is 10.6 Å². The summed E-state index contributed by atoms with van der Waals surface area (Å²) in [5, 5.41) is 5.18. The molecular weight excluding hydrogens is 288 g/mol. The van der Waals surface area contributed by atoms with Crippen LogP contribution in [0.25, 0.3) is 0 Å². The quantitative estimate of drug-likeness (QED) is 0.660. The minimum absolute atomic E-state index is 0.0798. The van der Waals surface area contributed by atoms with E-state index >= 15 is 0 Å². The molecule has 7 nitrogen and oxygen atoms in total. The Balaban J connectivity index is 1.82. The van der Waals surface area contributed by atoms with Gasteiger partial charge in [-0.3, -0.25) is 14.9 Å². The first-order valence-corrected chi connectivity index (χ1v) is 6.79. The van der Waals surface area contributed by atoms with Crippen LogP contribution in [0.2, 0.25) is 0 Å². The van der Waals surface area contributed by atoms with Crippen LogP contribution in [-0.4, -0.2) is 24.8 Å². The lowest BCUT2D eigenvalue weighted by molar-refractivity contribution is -0.161. The Morgan fingerprint density at radius 1 is 1.27 bits per heavy atom. The van der Waals surface area contributed by atoms with Gasteiger partial charge in [-0.1, -0.05) is 6.07 Å². The van der Waals surface area contributed by atoms with Crippen molar-refractivity contribution in [2.75, 3.05) is 17.4 Å². The molecule has 0 radical (unpaired) electrons. The van der Waals surface area contributed by atoms with Crippen LogP contribution in [0.4, 0.5) is 16.2 Å². The third kappa shape index (κ3) is 3.97. The van der Waals surface area contributed by atoms with Gasteiger partial charge in [0.05, 0.1) is 11.8 Å². The number of hydrogen-bond donors (Lipinski definition) is 2. The van der Waals surface area contributed by atoms with Crippen molar-refractivity contribution in [1.82, 2.24) is 0 Å². The minimum atomic E-state index is -0.744. The van der Waals surface area contributed by atoms with E-state index in [1.807, 2.05) is 0 Å². The van der Waals surface area contributed by atoms with Crippen molar-refractivity contribution in [3.8, 4) is 0 Å². The molecule has 0 aliphatic carbocycles. The lowest BCUT2D eigenvalue weighted by Crippen LogP contribution is -2.25. The summed E-state index contributed by atoms with van der Waals surface area (Å²) in [6, 6.07) is 5.06. The zero-order valence-corrected chi connectivity index (χ0v) is 12.7. The zero-order valence-electron chi connectivity index (χ0n) is 12.7. The number of esters is 1. The fraction of sp³-hybridized carbons (Fsp3) is 0.400. The van der Waals surface area contributed by atoms with Gasteiger partial charge >= 0.3 is 12.1 Å². The number of rotatable bonds is 3.